The summed E-state index contributed by atoms with van der Waals surface area (Å²) >= 11 is 1.39. The van der Waals surface area contributed by atoms with Crippen molar-refractivity contribution in [3.05, 3.63) is 41.2 Å². The lowest BCUT2D eigenvalue weighted by atomic mass is 10.1. The van der Waals surface area contributed by atoms with Crippen molar-refractivity contribution in [1.82, 2.24) is 10.6 Å². The van der Waals surface area contributed by atoms with Crippen LogP contribution in [0.5, 0.6) is 0 Å². The molecule has 0 amide bonds. The van der Waals surface area contributed by atoms with E-state index in [0.717, 1.165) is 5.56 Å². The Morgan fingerprint density at radius 2 is 2.00 bits per heavy atom. The van der Waals surface area contributed by atoms with Gasteiger partial charge in [0.05, 0.1) is 0 Å². The molecule has 1 aromatic rings. The van der Waals surface area contributed by atoms with E-state index in [-0.39, 0.29) is 5.50 Å². The molecule has 10 N–H and O–H groups in total. The summed E-state index contributed by atoms with van der Waals surface area (Å²) in [6.45, 7) is 3.94. The van der Waals surface area contributed by atoms with E-state index in [1.54, 1.807) is 12.1 Å². The van der Waals surface area contributed by atoms with Crippen LogP contribution in [-0.4, -0.2) is 5.50 Å². The molecule has 1 heterocycles. The molecule has 0 saturated heterocycles. The largest absolute Gasteiger partial charge is 0.399 e. The number of thioether (sulfide) groups is 1. The summed E-state index contributed by atoms with van der Waals surface area (Å²) in [5.41, 5.74) is 25.4. The van der Waals surface area contributed by atoms with Crippen LogP contribution in [0.25, 0.3) is 5.70 Å². The Balaban J connectivity index is 2.05. The molecule has 0 aliphatic carbocycles. The molecule has 0 spiro atoms. The third-order valence-corrected chi connectivity index (χ3v) is 3.45. The highest BCUT2D eigenvalue weighted by molar-refractivity contribution is 8.03. The molecule has 7 heteroatoms. The lowest BCUT2D eigenvalue weighted by Gasteiger charge is -2.18. The average molecular weight is 264 g/mol. The summed E-state index contributed by atoms with van der Waals surface area (Å²) in [5.74, 6) is 0.468. The lowest BCUT2D eigenvalue weighted by Crippen LogP contribution is -2.36. The first-order valence-electron chi connectivity index (χ1n) is 5.26. The van der Waals surface area contributed by atoms with Crippen molar-refractivity contribution in [2.45, 2.75) is 5.50 Å². The maximum Gasteiger partial charge on any atom is 0.152 e. The molecule has 0 radical (unpaired) electrons. The van der Waals surface area contributed by atoms with Crippen LogP contribution in [-0.2, 0) is 0 Å². The number of nitrogens with one attached hydrogen (secondary N) is 2. The zero-order valence-corrected chi connectivity index (χ0v) is 10.6. The molecule has 0 aromatic heterocycles. The van der Waals surface area contributed by atoms with E-state index in [4.69, 9.17) is 22.9 Å². The monoisotopic (exact) mass is 264 g/mol. The van der Waals surface area contributed by atoms with Gasteiger partial charge in [-0.2, -0.15) is 0 Å². The zero-order valence-electron chi connectivity index (χ0n) is 9.73. The van der Waals surface area contributed by atoms with Gasteiger partial charge >= 0.3 is 0 Å². The predicted molar refractivity (Wildman–Crippen MR) is 77.4 cm³/mol. The molecular formula is C11H16N6S. The summed E-state index contributed by atoms with van der Waals surface area (Å²) in [4.78, 5) is 0. The number of benzene rings is 1. The molecule has 1 atom stereocenters. The minimum absolute atomic E-state index is 0.144. The molecule has 18 heavy (non-hydrogen) atoms. The van der Waals surface area contributed by atoms with Crippen LogP contribution in [0.3, 0.4) is 0 Å². The van der Waals surface area contributed by atoms with E-state index >= 15 is 0 Å². The third-order valence-electron chi connectivity index (χ3n) is 2.50. The topological polar surface area (TPSA) is 128 Å². The number of hydrogen-bond acceptors (Lipinski definition) is 7. The van der Waals surface area contributed by atoms with E-state index in [9.17, 15) is 0 Å². The highest BCUT2D eigenvalue weighted by atomic mass is 32.2. The Morgan fingerprint density at radius 3 is 2.56 bits per heavy atom. The highest BCUT2D eigenvalue weighted by Crippen LogP contribution is 2.26. The van der Waals surface area contributed by atoms with Gasteiger partial charge < -0.3 is 33.6 Å². The van der Waals surface area contributed by atoms with Gasteiger partial charge in [0, 0.05) is 22.6 Å². The van der Waals surface area contributed by atoms with Crippen LogP contribution in [0.2, 0.25) is 0 Å². The SMILES string of the molecule is C=C(NC1NC(N)=C(N)S1)c1ccc(N)cc1N. The predicted octanol–water partition coefficient (Wildman–Crippen LogP) is 0.0753. The van der Waals surface area contributed by atoms with Gasteiger partial charge in [-0.05, 0) is 18.2 Å². The van der Waals surface area contributed by atoms with E-state index in [2.05, 4.69) is 17.2 Å². The van der Waals surface area contributed by atoms with E-state index in [1.165, 1.54) is 11.8 Å². The number of rotatable bonds is 3. The van der Waals surface area contributed by atoms with Gasteiger partial charge in [0.15, 0.2) is 5.50 Å². The van der Waals surface area contributed by atoms with Crippen molar-refractivity contribution in [1.29, 1.82) is 0 Å². The van der Waals surface area contributed by atoms with Gasteiger partial charge in [0.2, 0.25) is 0 Å². The van der Waals surface area contributed by atoms with Crippen LogP contribution >= 0.6 is 11.8 Å². The molecule has 6 nitrogen and oxygen atoms in total. The summed E-state index contributed by atoms with van der Waals surface area (Å²) < 4.78 is 0. The Kier molecular flexibility index (Phi) is 3.15. The summed E-state index contributed by atoms with van der Waals surface area (Å²) in [7, 11) is 0. The summed E-state index contributed by atoms with van der Waals surface area (Å²) in [6.07, 6.45) is 0. The standard InChI is InChI=1S/C11H16N6S/c1-5(7-3-2-6(12)4-8(7)13)16-11-17-9(14)10(15)18-11/h2-4,11,16-17H,1,12-15H2. The Labute approximate surface area is 109 Å². The van der Waals surface area contributed by atoms with Crippen molar-refractivity contribution in [2.24, 2.45) is 11.5 Å². The first-order chi connectivity index (χ1) is 8.47. The molecule has 0 saturated carbocycles. The van der Waals surface area contributed by atoms with E-state index < -0.39 is 0 Å². The second kappa shape index (κ2) is 4.61. The molecular weight excluding hydrogens is 248 g/mol. The molecule has 2 rings (SSSR count). The minimum Gasteiger partial charge on any atom is -0.399 e. The molecule has 0 fully saturated rings. The van der Waals surface area contributed by atoms with Gasteiger partial charge in [0.1, 0.15) is 10.9 Å². The van der Waals surface area contributed by atoms with Gasteiger partial charge in [-0.25, -0.2) is 0 Å². The maximum atomic E-state index is 5.88. The number of anilines is 2. The van der Waals surface area contributed by atoms with Crippen LogP contribution in [0, 0.1) is 0 Å². The van der Waals surface area contributed by atoms with Crippen LogP contribution in [0.15, 0.2) is 35.6 Å². The number of nitrogen functional groups attached to an aromatic ring is 2. The third kappa shape index (κ3) is 2.40. The van der Waals surface area contributed by atoms with Crippen molar-refractivity contribution >= 4 is 28.8 Å². The van der Waals surface area contributed by atoms with E-state index in [0.29, 0.717) is 27.9 Å². The Morgan fingerprint density at radius 1 is 1.28 bits per heavy atom. The zero-order chi connectivity index (χ0) is 13.3. The fourth-order valence-electron chi connectivity index (χ4n) is 1.59. The molecule has 1 aliphatic rings. The first kappa shape index (κ1) is 12.3. The minimum atomic E-state index is -0.144. The maximum absolute atomic E-state index is 5.88. The first-order valence-corrected chi connectivity index (χ1v) is 6.14. The normalized spacial score (nSPS) is 18.6. The quantitative estimate of drug-likeness (QED) is 0.426. The Hall–Kier alpha value is -2.15. The van der Waals surface area contributed by atoms with Crippen molar-refractivity contribution in [3.63, 3.8) is 0 Å². The highest BCUT2D eigenvalue weighted by Gasteiger charge is 2.21. The van der Waals surface area contributed by atoms with Crippen LogP contribution < -0.4 is 33.6 Å². The number of nitrogens with two attached hydrogens (primary N) is 4. The van der Waals surface area contributed by atoms with Crippen molar-refractivity contribution in [3.8, 4) is 0 Å². The fraction of sp³-hybridized carbons (Fsp3) is 0.0909. The number of hydrogen-bond donors (Lipinski definition) is 6. The summed E-state index contributed by atoms with van der Waals surface area (Å²) in [6, 6.07) is 5.28. The van der Waals surface area contributed by atoms with Gasteiger partial charge in [-0.15, -0.1) is 0 Å². The van der Waals surface area contributed by atoms with Gasteiger partial charge in [-0.3, -0.25) is 0 Å². The fourth-order valence-corrected chi connectivity index (χ4v) is 2.42. The van der Waals surface area contributed by atoms with Crippen LogP contribution in [0.1, 0.15) is 5.56 Å². The smallest absolute Gasteiger partial charge is 0.152 e. The van der Waals surface area contributed by atoms with E-state index in [1.807, 2.05) is 6.07 Å². The van der Waals surface area contributed by atoms with Crippen molar-refractivity contribution in [2.75, 3.05) is 11.5 Å². The second-order valence-electron chi connectivity index (χ2n) is 3.89. The Bertz CT molecular complexity index is 510. The van der Waals surface area contributed by atoms with Gasteiger partial charge in [-0.1, -0.05) is 18.3 Å². The second-order valence-corrected chi connectivity index (χ2v) is 5.04. The molecule has 1 aliphatic heterocycles. The van der Waals surface area contributed by atoms with Crippen molar-refractivity contribution < 1.29 is 0 Å². The van der Waals surface area contributed by atoms with Crippen LogP contribution in [0.4, 0.5) is 11.4 Å². The lowest BCUT2D eigenvalue weighted by molar-refractivity contribution is 0.701. The summed E-state index contributed by atoms with van der Waals surface area (Å²) in [5, 5.41) is 6.70. The molecule has 1 aromatic carbocycles. The van der Waals surface area contributed by atoms with Gasteiger partial charge in [0.25, 0.3) is 0 Å². The molecule has 1 unspecified atom stereocenters. The average Bonchev–Trinajstić information content (AvgIpc) is 2.57. The molecule has 0 bridgehead atoms. The molecule has 96 valence electrons.